The third-order valence-corrected chi connectivity index (χ3v) is 6.31. The van der Waals surface area contributed by atoms with E-state index in [1.165, 1.54) is 24.2 Å². The SMILES string of the molecule is Cc1nc2scc(C3CC3)n2c1CN1CCC[C@@H](C(=O)O)[C@H]1C. The Morgan fingerprint density at radius 1 is 1.43 bits per heavy atom. The second kappa shape index (κ2) is 5.60. The Hall–Kier alpha value is -1.40. The normalized spacial score (nSPS) is 26.0. The number of hydrogen-bond acceptors (Lipinski definition) is 4. The van der Waals surface area contributed by atoms with E-state index in [1.54, 1.807) is 11.3 Å². The van der Waals surface area contributed by atoms with Crippen LogP contribution in [0.5, 0.6) is 0 Å². The van der Waals surface area contributed by atoms with Gasteiger partial charge in [-0.05, 0) is 46.1 Å². The molecule has 1 N–H and O–H groups in total. The van der Waals surface area contributed by atoms with Gasteiger partial charge in [-0.1, -0.05) is 0 Å². The summed E-state index contributed by atoms with van der Waals surface area (Å²) in [6.07, 6.45) is 4.31. The number of piperidine rings is 1. The lowest BCUT2D eigenvalue weighted by Gasteiger charge is -2.37. The summed E-state index contributed by atoms with van der Waals surface area (Å²) in [5.74, 6) is -0.217. The molecule has 1 saturated carbocycles. The maximum atomic E-state index is 11.5. The van der Waals surface area contributed by atoms with Crippen molar-refractivity contribution < 1.29 is 9.90 Å². The summed E-state index contributed by atoms with van der Waals surface area (Å²) in [7, 11) is 0. The van der Waals surface area contributed by atoms with Crippen molar-refractivity contribution in [1.29, 1.82) is 0 Å². The first-order valence-electron chi connectivity index (χ1n) is 8.48. The first-order chi connectivity index (χ1) is 11.1. The van der Waals surface area contributed by atoms with Gasteiger partial charge < -0.3 is 5.11 Å². The molecule has 3 heterocycles. The molecular weight excluding hydrogens is 310 g/mol. The van der Waals surface area contributed by atoms with Gasteiger partial charge in [0.2, 0.25) is 0 Å². The van der Waals surface area contributed by atoms with Gasteiger partial charge in [-0.3, -0.25) is 14.1 Å². The summed E-state index contributed by atoms with van der Waals surface area (Å²) in [5, 5.41) is 11.7. The highest BCUT2D eigenvalue weighted by atomic mass is 32.1. The van der Waals surface area contributed by atoms with Crippen LogP contribution in [0.1, 0.15) is 55.6 Å². The summed E-state index contributed by atoms with van der Waals surface area (Å²) in [6, 6.07) is 0.0780. The van der Waals surface area contributed by atoms with E-state index in [-0.39, 0.29) is 12.0 Å². The number of carboxylic acids is 1. The summed E-state index contributed by atoms with van der Waals surface area (Å²) in [4.78, 5) is 19.6. The second-order valence-electron chi connectivity index (χ2n) is 6.99. The minimum Gasteiger partial charge on any atom is -0.481 e. The highest BCUT2D eigenvalue weighted by Gasteiger charge is 2.34. The van der Waals surface area contributed by atoms with Gasteiger partial charge in [-0.15, -0.1) is 11.3 Å². The van der Waals surface area contributed by atoms with Crippen molar-refractivity contribution in [3.63, 3.8) is 0 Å². The van der Waals surface area contributed by atoms with Crippen LogP contribution in [0, 0.1) is 12.8 Å². The predicted molar refractivity (Wildman–Crippen MR) is 90.0 cm³/mol. The molecule has 2 aromatic heterocycles. The minimum atomic E-state index is -0.661. The van der Waals surface area contributed by atoms with Crippen LogP contribution in [-0.4, -0.2) is 37.9 Å². The van der Waals surface area contributed by atoms with Gasteiger partial charge in [0, 0.05) is 29.6 Å². The zero-order valence-corrected chi connectivity index (χ0v) is 14.5. The van der Waals surface area contributed by atoms with Crippen LogP contribution in [-0.2, 0) is 11.3 Å². The zero-order valence-electron chi connectivity index (χ0n) is 13.7. The lowest BCUT2D eigenvalue weighted by Crippen LogP contribution is -2.45. The Bertz CT molecular complexity index is 746. The number of rotatable bonds is 4. The molecule has 0 unspecified atom stereocenters. The Morgan fingerprint density at radius 3 is 2.91 bits per heavy atom. The average molecular weight is 333 g/mol. The van der Waals surface area contributed by atoms with E-state index in [0.717, 1.165) is 36.6 Å². The molecule has 23 heavy (non-hydrogen) atoms. The maximum absolute atomic E-state index is 11.5. The lowest BCUT2D eigenvalue weighted by molar-refractivity contribution is -0.145. The molecule has 0 amide bonds. The van der Waals surface area contributed by atoms with Crippen LogP contribution in [0.4, 0.5) is 0 Å². The molecule has 124 valence electrons. The average Bonchev–Trinajstić information content (AvgIpc) is 3.20. The number of imidazole rings is 1. The highest BCUT2D eigenvalue weighted by molar-refractivity contribution is 7.15. The quantitative estimate of drug-likeness (QED) is 0.933. The van der Waals surface area contributed by atoms with Crippen molar-refractivity contribution in [2.45, 2.75) is 58.0 Å². The highest BCUT2D eigenvalue weighted by Crippen LogP contribution is 2.42. The van der Waals surface area contributed by atoms with Crippen LogP contribution < -0.4 is 0 Å². The van der Waals surface area contributed by atoms with E-state index in [9.17, 15) is 9.90 Å². The molecule has 5 nitrogen and oxygen atoms in total. The molecule has 2 aromatic rings. The first kappa shape index (κ1) is 15.1. The second-order valence-corrected chi connectivity index (χ2v) is 7.83. The van der Waals surface area contributed by atoms with Gasteiger partial charge >= 0.3 is 5.97 Å². The molecular formula is C17H23N3O2S. The molecule has 0 bridgehead atoms. The molecule has 1 aliphatic carbocycles. The van der Waals surface area contributed by atoms with E-state index in [4.69, 9.17) is 4.98 Å². The van der Waals surface area contributed by atoms with Crippen LogP contribution in [0.25, 0.3) is 4.96 Å². The predicted octanol–water partition coefficient (Wildman–Crippen LogP) is 3.27. The molecule has 0 spiro atoms. The number of aryl methyl sites for hydroxylation is 1. The standard InChI is InChI=1S/C17H23N3O2S/c1-10-14(8-19-7-3-4-13(11(19)2)16(21)22)20-15(12-5-6-12)9-23-17(20)18-10/h9,11-13H,3-8H2,1-2H3,(H,21,22)/t11-,13-/m1/s1. The van der Waals surface area contributed by atoms with Gasteiger partial charge in [0.15, 0.2) is 4.96 Å². The van der Waals surface area contributed by atoms with E-state index < -0.39 is 5.97 Å². The molecule has 0 radical (unpaired) electrons. The molecule has 4 rings (SSSR count). The third kappa shape index (κ3) is 2.58. The van der Waals surface area contributed by atoms with Gasteiger partial charge in [-0.25, -0.2) is 4.98 Å². The molecule has 6 heteroatoms. The number of aromatic nitrogens is 2. The van der Waals surface area contributed by atoms with Gasteiger partial charge in [-0.2, -0.15) is 0 Å². The topological polar surface area (TPSA) is 57.8 Å². The number of carboxylic acid groups (broad SMARTS) is 1. The molecule has 2 aliphatic rings. The first-order valence-corrected chi connectivity index (χ1v) is 9.36. The van der Waals surface area contributed by atoms with Crippen molar-refractivity contribution in [2.75, 3.05) is 6.54 Å². The van der Waals surface area contributed by atoms with Crippen LogP contribution in [0.2, 0.25) is 0 Å². The van der Waals surface area contributed by atoms with Crippen molar-refractivity contribution in [3.8, 4) is 0 Å². The summed E-state index contributed by atoms with van der Waals surface area (Å²) < 4.78 is 2.34. The summed E-state index contributed by atoms with van der Waals surface area (Å²) in [5.41, 5.74) is 3.74. The Balaban J connectivity index is 1.65. The minimum absolute atomic E-state index is 0.0780. The molecule has 2 fully saturated rings. The maximum Gasteiger partial charge on any atom is 0.308 e. The summed E-state index contributed by atoms with van der Waals surface area (Å²) >= 11 is 1.72. The largest absolute Gasteiger partial charge is 0.481 e. The lowest BCUT2D eigenvalue weighted by atomic mass is 9.90. The van der Waals surface area contributed by atoms with E-state index in [2.05, 4.69) is 28.5 Å². The number of likely N-dealkylation sites (tertiary alicyclic amines) is 1. The van der Waals surface area contributed by atoms with Crippen molar-refractivity contribution in [3.05, 3.63) is 22.5 Å². The Labute approximate surface area is 139 Å². The monoisotopic (exact) mass is 333 g/mol. The van der Waals surface area contributed by atoms with Crippen LogP contribution in [0.3, 0.4) is 0 Å². The third-order valence-electron chi connectivity index (χ3n) is 5.47. The number of thiazole rings is 1. The molecule has 0 aromatic carbocycles. The number of hydrogen-bond donors (Lipinski definition) is 1. The van der Waals surface area contributed by atoms with E-state index in [0.29, 0.717) is 5.92 Å². The smallest absolute Gasteiger partial charge is 0.308 e. The van der Waals surface area contributed by atoms with E-state index >= 15 is 0 Å². The molecule has 2 atom stereocenters. The van der Waals surface area contributed by atoms with Crippen LogP contribution in [0.15, 0.2) is 5.38 Å². The number of nitrogens with zero attached hydrogens (tertiary/aromatic N) is 3. The van der Waals surface area contributed by atoms with Gasteiger partial charge in [0.05, 0.1) is 17.3 Å². The van der Waals surface area contributed by atoms with Crippen molar-refractivity contribution in [2.24, 2.45) is 5.92 Å². The zero-order chi connectivity index (χ0) is 16.1. The van der Waals surface area contributed by atoms with Crippen molar-refractivity contribution in [1.82, 2.24) is 14.3 Å². The number of aliphatic carboxylic acids is 1. The molecule has 1 aliphatic heterocycles. The number of carbonyl (C=O) groups is 1. The van der Waals surface area contributed by atoms with Crippen LogP contribution >= 0.6 is 11.3 Å². The fraction of sp³-hybridized carbons (Fsp3) is 0.647. The van der Waals surface area contributed by atoms with Crippen molar-refractivity contribution >= 4 is 22.3 Å². The van der Waals surface area contributed by atoms with E-state index in [1.807, 2.05) is 0 Å². The number of fused-ring (bicyclic) bond motifs is 1. The summed E-state index contributed by atoms with van der Waals surface area (Å²) in [6.45, 7) is 5.91. The van der Waals surface area contributed by atoms with Gasteiger partial charge in [0.1, 0.15) is 0 Å². The molecule has 1 saturated heterocycles. The Morgan fingerprint density at radius 2 is 2.22 bits per heavy atom. The fourth-order valence-electron chi connectivity index (χ4n) is 3.85. The Kier molecular flexibility index (Phi) is 3.69. The van der Waals surface area contributed by atoms with Gasteiger partial charge in [0.25, 0.3) is 0 Å². The fourth-order valence-corrected chi connectivity index (χ4v) is 4.88.